The van der Waals surface area contributed by atoms with E-state index in [1.165, 1.54) is 35.3 Å². The first-order chi connectivity index (χ1) is 16.0. The van der Waals surface area contributed by atoms with E-state index in [0.717, 1.165) is 48.9 Å². The maximum atomic E-state index is 13.7. The second kappa shape index (κ2) is 10.4. The molecule has 0 unspecified atom stereocenters. The minimum Gasteiger partial charge on any atom is -0.362 e. The maximum Gasteiger partial charge on any atom is 0.277 e. The highest BCUT2D eigenvalue weighted by Crippen LogP contribution is 2.36. The Morgan fingerprint density at radius 3 is 2.33 bits per heavy atom. The van der Waals surface area contributed by atoms with Crippen LogP contribution in [0, 0.1) is 13.8 Å². The Kier molecular flexibility index (Phi) is 7.32. The summed E-state index contributed by atoms with van der Waals surface area (Å²) in [5.74, 6) is -0.253. The summed E-state index contributed by atoms with van der Waals surface area (Å²) in [7, 11) is 0. The van der Waals surface area contributed by atoms with Gasteiger partial charge < -0.3 is 4.90 Å². The van der Waals surface area contributed by atoms with Crippen LogP contribution < -0.4 is 0 Å². The molecular formula is C29H36N2O2. The van der Waals surface area contributed by atoms with Gasteiger partial charge in [0.1, 0.15) is 5.70 Å². The van der Waals surface area contributed by atoms with Gasteiger partial charge in [-0.15, -0.1) is 0 Å². The Morgan fingerprint density at radius 1 is 0.848 bits per heavy atom. The predicted molar refractivity (Wildman–Crippen MR) is 133 cm³/mol. The van der Waals surface area contributed by atoms with E-state index in [9.17, 15) is 9.59 Å². The second-order valence-electron chi connectivity index (χ2n) is 9.51. The lowest BCUT2D eigenvalue weighted by Gasteiger charge is -2.31. The van der Waals surface area contributed by atoms with Gasteiger partial charge in [0.25, 0.3) is 11.8 Å². The van der Waals surface area contributed by atoms with Gasteiger partial charge in [0.2, 0.25) is 0 Å². The summed E-state index contributed by atoms with van der Waals surface area (Å²) < 4.78 is 0. The number of amides is 2. The van der Waals surface area contributed by atoms with Crippen molar-refractivity contribution in [3.05, 3.63) is 76.0 Å². The number of hydrogen-bond acceptors (Lipinski definition) is 3. The molecule has 0 aromatic heterocycles. The molecule has 2 aromatic carbocycles. The average molecular weight is 445 g/mol. The number of benzene rings is 2. The summed E-state index contributed by atoms with van der Waals surface area (Å²) in [4.78, 5) is 30.9. The molecule has 174 valence electrons. The lowest BCUT2D eigenvalue weighted by molar-refractivity contribution is -0.137. The molecule has 0 fully saturated rings. The SMILES string of the molecule is CCCCCCCCN1C(=O)C(c2ccc(C)cc2C)=C(N2CCc3ccccc3C2)C1=O. The van der Waals surface area contributed by atoms with Crippen molar-refractivity contribution in [3.8, 4) is 0 Å². The smallest absolute Gasteiger partial charge is 0.277 e. The summed E-state index contributed by atoms with van der Waals surface area (Å²) in [5.41, 5.74) is 6.84. The van der Waals surface area contributed by atoms with Crippen molar-refractivity contribution >= 4 is 17.4 Å². The van der Waals surface area contributed by atoms with Crippen LogP contribution in [0.5, 0.6) is 0 Å². The molecule has 33 heavy (non-hydrogen) atoms. The summed E-state index contributed by atoms with van der Waals surface area (Å²) in [6.45, 7) is 8.23. The number of carbonyl (C=O) groups is 2. The van der Waals surface area contributed by atoms with Crippen molar-refractivity contribution in [2.24, 2.45) is 0 Å². The highest BCUT2D eigenvalue weighted by atomic mass is 16.2. The van der Waals surface area contributed by atoms with Crippen LogP contribution in [0.1, 0.15) is 73.3 Å². The minimum atomic E-state index is -0.130. The highest BCUT2D eigenvalue weighted by Gasteiger charge is 2.42. The van der Waals surface area contributed by atoms with E-state index in [1.807, 2.05) is 25.1 Å². The maximum absolute atomic E-state index is 13.7. The largest absolute Gasteiger partial charge is 0.362 e. The van der Waals surface area contributed by atoms with Crippen molar-refractivity contribution in [1.29, 1.82) is 0 Å². The van der Waals surface area contributed by atoms with Crippen LogP contribution in [0.25, 0.3) is 5.57 Å². The third kappa shape index (κ3) is 4.90. The Morgan fingerprint density at radius 2 is 1.58 bits per heavy atom. The van der Waals surface area contributed by atoms with E-state index >= 15 is 0 Å². The molecule has 4 nitrogen and oxygen atoms in total. The number of imide groups is 1. The van der Waals surface area contributed by atoms with Crippen molar-refractivity contribution < 1.29 is 9.59 Å². The van der Waals surface area contributed by atoms with Gasteiger partial charge in [0.05, 0.1) is 5.57 Å². The first-order valence-electron chi connectivity index (χ1n) is 12.5. The number of fused-ring (bicyclic) bond motifs is 1. The van der Waals surface area contributed by atoms with Crippen LogP contribution in [0.3, 0.4) is 0 Å². The monoisotopic (exact) mass is 444 g/mol. The number of hydrogen-bond donors (Lipinski definition) is 0. The first kappa shape index (κ1) is 23.3. The number of aryl methyl sites for hydroxylation is 2. The van der Waals surface area contributed by atoms with Crippen LogP contribution in [0.4, 0.5) is 0 Å². The van der Waals surface area contributed by atoms with Crippen LogP contribution in [-0.4, -0.2) is 34.7 Å². The van der Waals surface area contributed by atoms with Gasteiger partial charge in [0, 0.05) is 19.6 Å². The zero-order valence-electron chi connectivity index (χ0n) is 20.3. The minimum absolute atomic E-state index is 0.122. The molecule has 2 heterocycles. The van der Waals surface area contributed by atoms with Gasteiger partial charge in [-0.2, -0.15) is 0 Å². The average Bonchev–Trinajstić information content (AvgIpc) is 3.05. The fourth-order valence-corrected chi connectivity index (χ4v) is 5.13. The molecule has 4 rings (SSSR count). The standard InChI is InChI=1S/C29H36N2O2/c1-4-5-6-7-8-11-17-31-28(32)26(25-15-14-21(2)19-22(25)3)27(29(31)33)30-18-16-23-12-9-10-13-24(23)20-30/h9-10,12-15,19H,4-8,11,16-18,20H2,1-3H3. The Hall–Kier alpha value is -2.88. The number of unbranched alkanes of at least 4 members (excludes halogenated alkanes) is 5. The molecule has 0 aliphatic carbocycles. The molecule has 4 heteroatoms. The van der Waals surface area contributed by atoms with E-state index in [2.05, 4.69) is 43.0 Å². The van der Waals surface area contributed by atoms with Crippen molar-refractivity contribution in [2.45, 2.75) is 72.3 Å². The normalized spacial score (nSPS) is 16.1. The van der Waals surface area contributed by atoms with Gasteiger partial charge >= 0.3 is 0 Å². The van der Waals surface area contributed by atoms with E-state index in [-0.39, 0.29) is 11.8 Å². The lowest BCUT2D eigenvalue weighted by atomic mass is 9.95. The summed E-state index contributed by atoms with van der Waals surface area (Å²) in [6, 6.07) is 14.6. The molecular weight excluding hydrogens is 408 g/mol. The number of carbonyl (C=O) groups excluding carboxylic acids is 2. The van der Waals surface area contributed by atoms with Crippen LogP contribution in [-0.2, 0) is 22.6 Å². The topological polar surface area (TPSA) is 40.6 Å². The summed E-state index contributed by atoms with van der Waals surface area (Å²) in [6.07, 6.45) is 7.67. The quantitative estimate of drug-likeness (QED) is 0.362. The number of nitrogens with zero attached hydrogens (tertiary/aromatic N) is 2. The molecule has 0 bridgehead atoms. The van der Waals surface area contributed by atoms with Crippen LogP contribution in [0.15, 0.2) is 48.2 Å². The van der Waals surface area contributed by atoms with E-state index in [4.69, 9.17) is 0 Å². The molecule has 0 saturated carbocycles. The molecule has 2 aliphatic rings. The second-order valence-corrected chi connectivity index (χ2v) is 9.51. The fourth-order valence-electron chi connectivity index (χ4n) is 5.13. The molecule has 0 saturated heterocycles. The molecule has 0 radical (unpaired) electrons. The van der Waals surface area contributed by atoms with Gasteiger partial charge in [0.15, 0.2) is 0 Å². The Balaban J connectivity index is 1.62. The Bertz CT molecular complexity index is 1070. The van der Waals surface area contributed by atoms with Gasteiger partial charge in [-0.25, -0.2) is 0 Å². The molecule has 0 atom stereocenters. The third-order valence-electron chi connectivity index (χ3n) is 6.98. The Labute approximate surface area is 198 Å². The van der Waals surface area contributed by atoms with Gasteiger partial charge in [-0.3, -0.25) is 14.5 Å². The molecule has 2 aliphatic heterocycles. The first-order valence-corrected chi connectivity index (χ1v) is 12.5. The van der Waals surface area contributed by atoms with Crippen molar-refractivity contribution in [3.63, 3.8) is 0 Å². The fraction of sp³-hybridized carbons (Fsp3) is 0.448. The van der Waals surface area contributed by atoms with Crippen LogP contribution in [0.2, 0.25) is 0 Å². The molecule has 0 spiro atoms. The highest BCUT2D eigenvalue weighted by molar-refractivity contribution is 6.35. The van der Waals surface area contributed by atoms with E-state index < -0.39 is 0 Å². The summed E-state index contributed by atoms with van der Waals surface area (Å²) >= 11 is 0. The van der Waals surface area contributed by atoms with Crippen LogP contribution >= 0.6 is 0 Å². The molecule has 2 amide bonds. The zero-order valence-corrected chi connectivity index (χ0v) is 20.3. The lowest BCUT2D eigenvalue weighted by Crippen LogP contribution is -2.37. The third-order valence-corrected chi connectivity index (χ3v) is 6.98. The molecule has 2 aromatic rings. The van der Waals surface area contributed by atoms with Gasteiger partial charge in [-0.1, -0.05) is 87.1 Å². The van der Waals surface area contributed by atoms with Crippen molar-refractivity contribution in [1.82, 2.24) is 9.80 Å². The van der Waals surface area contributed by atoms with E-state index in [0.29, 0.717) is 24.4 Å². The van der Waals surface area contributed by atoms with E-state index in [1.54, 1.807) is 0 Å². The predicted octanol–water partition coefficient (Wildman–Crippen LogP) is 5.80. The molecule has 0 N–H and O–H groups in total. The van der Waals surface area contributed by atoms with Gasteiger partial charge in [-0.05, 0) is 48.9 Å². The number of rotatable bonds is 9. The summed E-state index contributed by atoms with van der Waals surface area (Å²) in [5, 5.41) is 0. The van der Waals surface area contributed by atoms with Crippen molar-refractivity contribution in [2.75, 3.05) is 13.1 Å². The zero-order chi connectivity index (χ0) is 23.4.